The molecule has 1 aromatic heterocycles. The second-order valence-corrected chi connectivity index (χ2v) is 7.59. The predicted molar refractivity (Wildman–Crippen MR) is 110 cm³/mol. The third-order valence-corrected chi connectivity index (χ3v) is 5.07. The number of pyridine rings is 1. The Kier molecular flexibility index (Phi) is 6.19. The molecule has 8 nitrogen and oxygen atoms in total. The Bertz CT molecular complexity index is 868. The molecule has 0 aliphatic carbocycles. The molecule has 2 amide bonds. The lowest BCUT2D eigenvalue weighted by molar-refractivity contribution is 0.0715. The van der Waals surface area contributed by atoms with Crippen molar-refractivity contribution in [2.75, 3.05) is 43.8 Å². The molecule has 0 bridgehead atoms. The highest BCUT2D eigenvalue weighted by atomic mass is 19.1. The summed E-state index contributed by atoms with van der Waals surface area (Å²) >= 11 is 0. The van der Waals surface area contributed by atoms with E-state index in [1.54, 1.807) is 23.1 Å². The second-order valence-electron chi connectivity index (χ2n) is 7.59. The first-order valence-electron chi connectivity index (χ1n) is 9.48. The number of nitrogen functional groups attached to an aromatic ring is 1. The molecule has 156 valence electrons. The topological polar surface area (TPSA) is 110 Å². The Morgan fingerprint density at radius 1 is 1.24 bits per heavy atom. The van der Waals surface area contributed by atoms with Gasteiger partial charge in [0.1, 0.15) is 11.6 Å². The Hall–Kier alpha value is -2.91. The number of piperazine rings is 1. The first-order valence-corrected chi connectivity index (χ1v) is 9.48. The summed E-state index contributed by atoms with van der Waals surface area (Å²) in [6.45, 7) is 7.47. The van der Waals surface area contributed by atoms with Crippen LogP contribution in [-0.4, -0.2) is 59.1 Å². The van der Waals surface area contributed by atoms with Gasteiger partial charge in [-0.05, 0) is 32.0 Å². The van der Waals surface area contributed by atoms with Gasteiger partial charge in [-0.25, -0.2) is 14.2 Å². The van der Waals surface area contributed by atoms with Gasteiger partial charge < -0.3 is 21.1 Å². The zero-order valence-electron chi connectivity index (χ0n) is 16.7. The summed E-state index contributed by atoms with van der Waals surface area (Å²) in [6.07, 6.45) is 1.49. The van der Waals surface area contributed by atoms with Crippen molar-refractivity contribution >= 4 is 17.5 Å². The molecule has 29 heavy (non-hydrogen) atoms. The van der Waals surface area contributed by atoms with E-state index in [9.17, 15) is 9.18 Å². The van der Waals surface area contributed by atoms with E-state index in [1.807, 2.05) is 0 Å². The normalized spacial score (nSPS) is 15.2. The minimum Gasteiger partial charge on any atom is -0.454 e. The van der Waals surface area contributed by atoms with Crippen molar-refractivity contribution in [1.29, 1.82) is 0 Å². The number of anilines is 2. The Labute approximate surface area is 169 Å². The zero-order valence-corrected chi connectivity index (χ0v) is 16.7. The summed E-state index contributed by atoms with van der Waals surface area (Å²) in [4.78, 5) is 20.7. The lowest BCUT2D eigenvalue weighted by atomic mass is 10.0. The average molecular weight is 402 g/mol. The molecular weight excluding hydrogens is 375 g/mol. The van der Waals surface area contributed by atoms with Crippen molar-refractivity contribution in [1.82, 2.24) is 14.8 Å². The minimum absolute atomic E-state index is 0.0429. The minimum atomic E-state index is -0.564. The SMILES string of the molecule is CC(C)(CN)N1CCN(C(=O)Nc2cc(Oc3ccc(N)cc3F)ccn2)CC1. The number of nitrogens with one attached hydrogen (secondary N) is 1. The predicted octanol–water partition coefficient (Wildman–Crippen LogP) is 2.48. The standard InChI is InChI=1S/C20H27FN6O2/c1-20(2,13-22)27-9-7-26(8-10-27)19(28)25-18-12-15(5-6-24-18)29-17-4-3-14(23)11-16(17)21/h3-6,11-12H,7-10,13,22-23H2,1-2H3,(H,24,25,28). The summed E-state index contributed by atoms with van der Waals surface area (Å²) in [5, 5.41) is 2.77. The molecule has 1 fully saturated rings. The smallest absolute Gasteiger partial charge is 0.323 e. The van der Waals surface area contributed by atoms with E-state index < -0.39 is 5.82 Å². The number of amides is 2. The third kappa shape index (κ3) is 5.12. The van der Waals surface area contributed by atoms with Gasteiger partial charge in [0, 0.05) is 62.3 Å². The quantitative estimate of drug-likeness (QED) is 0.663. The van der Waals surface area contributed by atoms with Crippen LogP contribution in [0.1, 0.15) is 13.8 Å². The monoisotopic (exact) mass is 402 g/mol. The van der Waals surface area contributed by atoms with Crippen molar-refractivity contribution in [3.63, 3.8) is 0 Å². The molecule has 0 unspecified atom stereocenters. The Balaban J connectivity index is 1.59. The largest absolute Gasteiger partial charge is 0.454 e. The molecule has 0 saturated carbocycles. The maximum atomic E-state index is 13.9. The van der Waals surface area contributed by atoms with E-state index in [4.69, 9.17) is 16.2 Å². The average Bonchev–Trinajstić information content (AvgIpc) is 2.70. The van der Waals surface area contributed by atoms with Crippen molar-refractivity contribution in [2.45, 2.75) is 19.4 Å². The molecule has 0 spiro atoms. The molecule has 0 atom stereocenters. The number of carbonyl (C=O) groups excluding carboxylic acids is 1. The molecule has 2 heterocycles. The van der Waals surface area contributed by atoms with E-state index in [1.165, 1.54) is 18.3 Å². The van der Waals surface area contributed by atoms with Crippen LogP contribution < -0.4 is 21.5 Å². The van der Waals surface area contributed by atoms with Gasteiger partial charge in [0.05, 0.1) is 0 Å². The van der Waals surface area contributed by atoms with Gasteiger partial charge in [0.2, 0.25) is 0 Å². The number of hydrogen-bond donors (Lipinski definition) is 3. The lowest BCUT2D eigenvalue weighted by Gasteiger charge is -2.43. The van der Waals surface area contributed by atoms with Crippen LogP contribution >= 0.6 is 0 Å². The molecule has 3 rings (SSSR count). The van der Waals surface area contributed by atoms with Crippen LogP contribution in [0.5, 0.6) is 11.5 Å². The fourth-order valence-corrected chi connectivity index (χ4v) is 3.10. The van der Waals surface area contributed by atoms with Crippen LogP contribution in [0, 0.1) is 5.82 Å². The van der Waals surface area contributed by atoms with Crippen LogP contribution in [0.3, 0.4) is 0 Å². The van der Waals surface area contributed by atoms with Crippen LogP contribution in [0.4, 0.5) is 20.7 Å². The second kappa shape index (κ2) is 8.62. The molecule has 1 aliphatic heterocycles. The van der Waals surface area contributed by atoms with Crippen LogP contribution in [-0.2, 0) is 0 Å². The van der Waals surface area contributed by atoms with Crippen molar-refractivity contribution < 1.29 is 13.9 Å². The van der Waals surface area contributed by atoms with Gasteiger partial charge >= 0.3 is 6.03 Å². The lowest BCUT2D eigenvalue weighted by Crippen LogP contribution is -2.58. The van der Waals surface area contributed by atoms with Crippen LogP contribution in [0.15, 0.2) is 36.5 Å². The van der Waals surface area contributed by atoms with E-state index in [0.29, 0.717) is 36.9 Å². The number of carbonyl (C=O) groups is 1. The van der Waals surface area contributed by atoms with Gasteiger partial charge in [0.15, 0.2) is 11.6 Å². The Morgan fingerprint density at radius 3 is 2.62 bits per heavy atom. The molecule has 1 aromatic carbocycles. The fraction of sp³-hybridized carbons (Fsp3) is 0.400. The number of hydrogen-bond acceptors (Lipinski definition) is 6. The summed E-state index contributed by atoms with van der Waals surface area (Å²) in [6, 6.07) is 7.07. The number of nitrogens with two attached hydrogens (primary N) is 2. The van der Waals surface area contributed by atoms with Gasteiger partial charge in [0.25, 0.3) is 0 Å². The molecule has 1 aliphatic rings. The molecule has 5 N–H and O–H groups in total. The van der Waals surface area contributed by atoms with Crippen LogP contribution in [0.25, 0.3) is 0 Å². The molecule has 2 aromatic rings. The summed E-state index contributed by atoms with van der Waals surface area (Å²) in [5.74, 6) is 0.161. The molecule has 9 heteroatoms. The number of halogens is 1. The Morgan fingerprint density at radius 2 is 1.97 bits per heavy atom. The summed E-state index contributed by atoms with van der Waals surface area (Å²) in [7, 11) is 0. The number of benzene rings is 1. The highest BCUT2D eigenvalue weighted by molar-refractivity contribution is 5.88. The van der Waals surface area contributed by atoms with Crippen molar-refractivity contribution in [2.24, 2.45) is 5.73 Å². The zero-order chi connectivity index (χ0) is 21.0. The number of rotatable bonds is 5. The van der Waals surface area contributed by atoms with Gasteiger partial charge in [-0.15, -0.1) is 0 Å². The van der Waals surface area contributed by atoms with Gasteiger partial charge in [-0.3, -0.25) is 10.2 Å². The van der Waals surface area contributed by atoms with Crippen molar-refractivity contribution in [3.8, 4) is 11.5 Å². The van der Waals surface area contributed by atoms with Crippen molar-refractivity contribution in [3.05, 3.63) is 42.3 Å². The highest BCUT2D eigenvalue weighted by Gasteiger charge is 2.30. The van der Waals surface area contributed by atoms with E-state index in [0.717, 1.165) is 13.1 Å². The van der Waals surface area contributed by atoms with Gasteiger partial charge in [-0.1, -0.05) is 0 Å². The summed E-state index contributed by atoms with van der Waals surface area (Å²) < 4.78 is 19.5. The number of nitrogens with zero attached hydrogens (tertiary/aromatic N) is 3. The van der Waals surface area contributed by atoms with Crippen LogP contribution in [0.2, 0.25) is 0 Å². The number of ether oxygens (including phenoxy) is 1. The number of urea groups is 1. The first-order chi connectivity index (χ1) is 13.8. The third-order valence-electron chi connectivity index (χ3n) is 5.07. The first kappa shape index (κ1) is 20.8. The maximum absolute atomic E-state index is 13.9. The summed E-state index contributed by atoms with van der Waals surface area (Å²) in [5.41, 5.74) is 11.6. The maximum Gasteiger partial charge on any atom is 0.323 e. The molecule has 0 radical (unpaired) electrons. The fourth-order valence-electron chi connectivity index (χ4n) is 3.10. The van der Waals surface area contributed by atoms with E-state index in [2.05, 4.69) is 29.0 Å². The molecular formula is C20H27FN6O2. The van der Waals surface area contributed by atoms with E-state index >= 15 is 0 Å². The van der Waals surface area contributed by atoms with E-state index in [-0.39, 0.29) is 17.3 Å². The number of aromatic nitrogens is 1. The highest BCUT2D eigenvalue weighted by Crippen LogP contribution is 2.27. The van der Waals surface area contributed by atoms with Gasteiger partial charge in [-0.2, -0.15) is 0 Å². The molecule has 1 saturated heterocycles.